The Bertz CT molecular complexity index is 2310. The van der Waals surface area contributed by atoms with Gasteiger partial charge in [-0.05, 0) is 77.8 Å². The molecule has 0 saturated heterocycles. The van der Waals surface area contributed by atoms with Gasteiger partial charge in [-0.3, -0.25) is 0 Å². The summed E-state index contributed by atoms with van der Waals surface area (Å²) in [6, 6.07) is 48.3. The predicted molar refractivity (Wildman–Crippen MR) is 165 cm³/mol. The minimum Gasteiger partial charge on any atom is -0.455 e. The molecule has 0 aliphatic carbocycles. The van der Waals surface area contributed by atoms with Crippen molar-refractivity contribution in [2.75, 3.05) is 0 Å². The fraction of sp³-hybridized carbons (Fsp3) is 0. The Morgan fingerprint density at radius 1 is 0.333 bits per heavy atom. The van der Waals surface area contributed by atoms with Gasteiger partial charge in [0.2, 0.25) is 0 Å². The third-order valence-electron chi connectivity index (χ3n) is 8.40. The van der Waals surface area contributed by atoms with Gasteiger partial charge in [0.15, 0.2) is 0 Å². The molecule has 1 heteroatoms. The summed E-state index contributed by atoms with van der Waals surface area (Å²) in [4.78, 5) is 0. The zero-order chi connectivity index (χ0) is 25.5. The lowest BCUT2D eigenvalue weighted by atomic mass is 9.88. The van der Waals surface area contributed by atoms with E-state index in [0.29, 0.717) is 0 Å². The number of fused-ring (bicyclic) bond motifs is 8. The van der Waals surface area contributed by atoms with Gasteiger partial charge in [0.05, 0.1) is 0 Å². The number of benzene rings is 8. The maximum atomic E-state index is 6.84. The van der Waals surface area contributed by atoms with E-state index in [1.165, 1.54) is 65.0 Å². The second-order valence-corrected chi connectivity index (χ2v) is 10.5. The Kier molecular flexibility index (Phi) is 4.11. The normalized spacial score (nSPS) is 12.3. The van der Waals surface area contributed by atoms with Gasteiger partial charge in [-0.25, -0.2) is 0 Å². The molecule has 0 spiro atoms. The first-order chi connectivity index (χ1) is 19.3. The van der Waals surface area contributed by atoms with Crippen LogP contribution in [0.25, 0.3) is 76.1 Å². The number of rotatable bonds is 1. The van der Waals surface area contributed by atoms with Crippen molar-refractivity contribution in [1.29, 1.82) is 0 Å². The van der Waals surface area contributed by atoms with Crippen LogP contribution >= 0.6 is 0 Å². The van der Waals surface area contributed by atoms with Crippen molar-refractivity contribution in [2.24, 2.45) is 0 Å². The monoisotopic (exact) mass is 494 g/mol. The summed E-state index contributed by atoms with van der Waals surface area (Å²) in [5, 5.41) is 12.5. The minimum atomic E-state index is 0.927. The quantitative estimate of drug-likeness (QED) is 0.163. The van der Waals surface area contributed by atoms with Crippen molar-refractivity contribution in [2.45, 2.75) is 0 Å². The van der Waals surface area contributed by atoms with Crippen LogP contribution < -0.4 is 4.74 Å². The Labute approximate surface area is 225 Å². The lowest BCUT2D eigenvalue weighted by Gasteiger charge is -2.25. The molecule has 1 heterocycles. The predicted octanol–water partition coefficient (Wildman–Crippen LogP) is 10.9. The molecule has 1 aliphatic heterocycles. The lowest BCUT2D eigenvalue weighted by molar-refractivity contribution is 0.489. The first-order valence-corrected chi connectivity index (χ1v) is 13.4. The molecule has 0 unspecified atom stereocenters. The molecule has 39 heavy (non-hydrogen) atoms. The number of hydrogen-bond acceptors (Lipinski definition) is 1. The SMILES string of the molecule is c1cc(-c2cccc3c2ccc2cc4ccccc4cc23)c2c(c1)-c1cccc3c1c(cc1ccccc13)O2. The van der Waals surface area contributed by atoms with E-state index in [0.717, 1.165) is 22.6 Å². The van der Waals surface area contributed by atoms with Crippen LogP contribution in [-0.4, -0.2) is 0 Å². The number of ether oxygens (including phenoxy) is 1. The fourth-order valence-electron chi connectivity index (χ4n) is 6.63. The summed E-state index contributed by atoms with van der Waals surface area (Å²) < 4.78 is 6.84. The first kappa shape index (κ1) is 20.9. The molecule has 0 radical (unpaired) electrons. The van der Waals surface area contributed by atoms with Gasteiger partial charge in [-0.15, -0.1) is 0 Å². The van der Waals surface area contributed by atoms with Gasteiger partial charge in [0.25, 0.3) is 0 Å². The van der Waals surface area contributed by atoms with Crippen LogP contribution in [0.1, 0.15) is 0 Å². The highest BCUT2D eigenvalue weighted by molar-refractivity contribution is 6.18. The van der Waals surface area contributed by atoms with Gasteiger partial charge in [-0.2, -0.15) is 0 Å². The van der Waals surface area contributed by atoms with E-state index in [9.17, 15) is 0 Å². The Hall–Kier alpha value is -5.14. The van der Waals surface area contributed by atoms with E-state index in [4.69, 9.17) is 4.74 Å². The molecule has 0 amide bonds. The highest BCUT2D eigenvalue weighted by Gasteiger charge is 2.24. The van der Waals surface area contributed by atoms with Crippen LogP contribution in [-0.2, 0) is 0 Å². The summed E-state index contributed by atoms with van der Waals surface area (Å²) in [5.41, 5.74) is 4.68. The van der Waals surface area contributed by atoms with Crippen LogP contribution in [0.4, 0.5) is 0 Å². The average molecular weight is 495 g/mol. The zero-order valence-electron chi connectivity index (χ0n) is 21.1. The Morgan fingerprint density at radius 3 is 1.82 bits per heavy atom. The van der Waals surface area contributed by atoms with Crippen LogP contribution in [0.2, 0.25) is 0 Å². The zero-order valence-corrected chi connectivity index (χ0v) is 21.1. The maximum absolute atomic E-state index is 6.84. The lowest BCUT2D eigenvalue weighted by Crippen LogP contribution is -1.99. The number of para-hydroxylation sites is 1. The van der Waals surface area contributed by atoms with E-state index in [2.05, 4.69) is 133 Å². The summed E-state index contributed by atoms with van der Waals surface area (Å²) in [6.07, 6.45) is 0. The topological polar surface area (TPSA) is 9.23 Å². The van der Waals surface area contributed by atoms with Crippen molar-refractivity contribution in [1.82, 2.24) is 0 Å². The van der Waals surface area contributed by atoms with Gasteiger partial charge in [0, 0.05) is 16.5 Å². The molecule has 0 atom stereocenters. The summed E-state index contributed by atoms with van der Waals surface area (Å²) in [5.74, 6) is 1.86. The molecule has 180 valence electrons. The molecule has 1 nitrogen and oxygen atoms in total. The van der Waals surface area contributed by atoms with Crippen molar-refractivity contribution < 1.29 is 4.74 Å². The summed E-state index contributed by atoms with van der Waals surface area (Å²) in [6.45, 7) is 0. The Balaban J connectivity index is 1.32. The van der Waals surface area contributed by atoms with Gasteiger partial charge >= 0.3 is 0 Å². The first-order valence-electron chi connectivity index (χ1n) is 13.4. The molecule has 0 fully saturated rings. The summed E-state index contributed by atoms with van der Waals surface area (Å²) >= 11 is 0. The highest BCUT2D eigenvalue weighted by atomic mass is 16.5. The van der Waals surface area contributed by atoms with E-state index in [-0.39, 0.29) is 0 Å². The van der Waals surface area contributed by atoms with E-state index in [1.807, 2.05) is 0 Å². The highest BCUT2D eigenvalue weighted by Crippen LogP contribution is 2.52. The second kappa shape index (κ2) is 7.69. The maximum Gasteiger partial charge on any atom is 0.143 e. The molecular weight excluding hydrogens is 472 g/mol. The van der Waals surface area contributed by atoms with Crippen LogP contribution in [0.15, 0.2) is 133 Å². The molecule has 0 bridgehead atoms. The van der Waals surface area contributed by atoms with Gasteiger partial charge in [-0.1, -0.05) is 115 Å². The molecule has 1 aliphatic rings. The molecule has 8 aromatic carbocycles. The largest absolute Gasteiger partial charge is 0.455 e. The van der Waals surface area contributed by atoms with Crippen molar-refractivity contribution >= 4 is 53.9 Å². The molecule has 0 aromatic heterocycles. The summed E-state index contributed by atoms with van der Waals surface area (Å²) in [7, 11) is 0. The molecule has 8 aromatic rings. The molecular formula is C38H22O. The van der Waals surface area contributed by atoms with Crippen LogP contribution in [0.3, 0.4) is 0 Å². The van der Waals surface area contributed by atoms with E-state index >= 15 is 0 Å². The third-order valence-corrected chi connectivity index (χ3v) is 8.40. The fourth-order valence-corrected chi connectivity index (χ4v) is 6.63. The Morgan fingerprint density at radius 2 is 0.949 bits per heavy atom. The third kappa shape index (κ3) is 2.90. The average Bonchev–Trinajstić information content (AvgIpc) is 2.99. The van der Waals surface area contributed by atoms with Crippen molar-refractivity contribution in [3.05, 3.63) is 133 Å². The van der Waals surface area contributed by atoms with Crippen LogP contribution in [0, 0.1) is 0 Å². The number of hydrogen-bond donors (Lipinski definition) is 0. The van der Waals surface area contributed by atoms with E-state index in [1.54, 1.807) is 0 Å². The second-order valence-electron chi connectivity index (χ2n) is 10.5. The van der Waals surface area contributed by atoms with Crippen molar-refractivity contribution in [3.8, 4) is 33.8 Å². The van der Waals surface area contributed by atoms with Gasteiger partial charge in [0.1, 0.15) is 11.5 Å². The molecule has 9 rings (SSSR count). The molecule has 0 N–H and O–H groups in total. The minimum absolute atomic E-state index is 0.927. The molecule has 0 saturated carbocycles. The van der Waals surface area contributed by atoms with Gasteiger partial charge < -0.3 is 4.74 Å². The van der Waals surface area contributed by atoms with Crippen LogP contribution in [0.5, 0.6) is 11.5 Å². The standard InChI is InChI=1S/C38H22O/c1-2-9-24-21-35-26(20-23(24)8-1)18-19-30-28(12-5-13-29(30)35)33-16-7-17-34-32-15-6-14-31-27-11-4-3-10-25(27)22-36(37(31)32)39-38(33)34/h1-22H. The van der Waals surface area contributed by atoms with Crippen molar-refractivity contribution in [3.63, 3.8) is 0 Å². The smallest absolute Gasteiger partial charge is 0.143 e. The van der Waals surface area contributed by atoms with E-state index < -0.39 is 0 Å².